The maximum absolute atomic E-state index is 11.7. The van der Waals surface area contributed by atoms with E-state index in [1.54, 1.807) is 11.8 Å². The molecule has 0 heterocycles. The Morgan fingerprint density at radius 3 is 2.40 bits per heavy atom. The van der Waals surface area contributed by atoms with Gasteiger partial charge in [-0.2, -0.15) is 11.8 Å². The van der Waals surface area contributed by atoms with E-state index in [1.165, 1.54) is 0 Å². The number of nitrogens with one attached hydrogen (secondary N) is 2. The highest BCUT2D eigenvalue weighted by Gasteiger charge is 2.22. The van der Waals surface area contributed by atoms with Gasteiger partial charge < -0.3 is 15.7 Å². The van der Waals surface area contributed by atoms with Gasteiger partial charge in [-0.05, 0) is 36.7 Å². The molecule has 0 bridgehead atoms. The molecule has 0 aromatic rings. The number of hydrogen-bond donors (Lipinski definition) is 3. The Kier molecular flexibility index (Phi) is 9.46. The molecular weight excluding hydrogens is 276 g/mol. The first-order valence-corrected chi connectivity index (χ1v) is 8.39. The second-order valence-corrected chi connectivity index (χ2v) is 7.15. The van der Waals surface area contributed by atoms with Crippen LogP contribution in [0.15, 0.2) is 0 Å². The molecule has 1 atom stereocenters. The third-order valence-electron chi connectivity index (χ3n) is 2.68. The van der Waals surface area contributed by atoms with Crippen LogP contribution in [0.2, 0.25) is 0 Å². The predicted molar refractivity (Wildman–Crippen MR) is 84.3 cm³/mol. The number of rotatable bonds is 9. The average molecular weight is 304 g/mol. The summed E-state index contributed by atoms with van der Waals surface area (Å²) in [7, 11) is 0. The fourth-order valence-corrected chi connectivity index (χ4v) is 2.43. The van der Waals surface area contributed by atoms with Crippen LogP contribution in [0, 0.1) is 5.41 Å². The monoisotopic (exact) mass is 304 g/mol. The molecule has 20 heavy (non-hydrogen) atoms. The molecule has 5 nitrogen and oxygen atoms in total. The van der Waals surface area contributed by atoms with E-state index < -0.39 is 5.97 Å². The van der Waals surface area contributed by atoms with E-state index in [9.17, 15) is 9.59 Å². The second-order valence-electron chi connectivity index (χ2n) is 6.16. The van der Waals surface area contributed by atoms with Crippen LogP contribution in [0.4, 0.5) is 4.79 Å². The molecule has 6 heteroatoms. The molecule has 0 aliphatic rings. The minimum absolute atomic E-state index is 0.0221. The number of carbonyl (C=O) groups excluding carboxylic acids is 1. The molecule has 118 valence electrons. The molecule has 3 N–H and O–H groups in total. The number of hydrogen-bond acceptors (Lipinski definition) is 3. The van der Waals surface area contributed by atoms with Gasteiger partial charge in [-0.25, -0.2) is 4.79 Å². The summed E-state index contributed by atoms with van der Waals surface area (Å²) in [6.45, 7) is 6.72. The highest BCUT2D eigenvalue weighted by Crippen LogP contribution is 2.22. The number of unbranched alkanes of at least 4 members (excludes halogenated alkanes) is 1. The van der Waals surface area contributed by atoms with Crippen molar-refractivity contribution >= 4 is 23.8 Å². The summed E-state index contributed by atoms with van der Waals surface area (Å²) < 4.78 is 0. The first-order valence-electron chi connectivity index (χ1n) is 6.99. The van der Waals surface area contributed by atoms with E-state index in [-0.39, 0.29) is 23.9 Å². The SMILES string of the molecule is CSCCCCNC(=O)NC(CC(=O)O)CC(C)(C)C. The molecular formula is C14H28N2O3S. The largest absolute Gasteiger partial charge is 0.481 e. The van der Waals surface area contributed by atoms with Crippen LogP contribution in [-0.4, -0.2) is 41.7 Å². The fraction of sp³-hybridized carbons (Fsp3) is 0.857. The number of amides is 2. The van der Waals surface area contributed by atoms with Crippen molar-refractivity contribution in [3.63, 3.8) is 0 Å². The summed E-state index contributed by atoms with van der Waals surface area (Å²) in [5.74, 6) is 0.203. The van der Waals surface area contributed by atoms with Gasteiger partial charge in [-0.3, -0.25) is 4.79 Å². The Morgan fingerprint density at radius 2 is 1.90 bits per heavy atom. The molecule has 0 aromatic carbocycles. The van der Waals surface area contributed by atoms with Crippen LogP contribution in [0.25, 0.3) is 0 Å². The van der Waals surface area contributed by atoms with Gasteiger partial charge in [0.25, 0.3) is 0 Å². The van der Waals surface area contributed by atoms with Crippen molar-refractivity contribution in [1.82, 2.24) is 10.6 Å². The van der Waals surface area contributed by atoms with Crippen LogP contribution >= 0.6 is 11.8 Å². The van der Waals surface area contributed by atoms with E-state index in [2.05, 4.69) is 16.9 Å². The molecule has 0 aliphatic heterocycles. The Morgan fingerprint density at radius 1 is 1.25 bits per heavy atom. The predicted octanol–water partition coefficient (Wildman–Crippen LogP) is 2.71. The van der Waals surface area contributed by atoms with Crippen molar-refractivity contribution in [1.29, 1.82) is 0 Å². The third-order valence-corrected chi connectivity index (χ3v) is 3.37. The summed E-state index contributed by atoms with van der Waals surface area (Å²) >= 11 is 1.79. The van der Waals surface area contributed by atoms with Gasteiger partial charge in [0, 0.05) is 12.6 Å². The van der Waals surface area contributed by atoms with Crippen LogP contribution in [0.3, 0.4) is 0 Å². The maximum atomic E-state index is 11.7. The zero-order chi connectivity index (χ0) is 15.6. The lowest BCUT2D eigenvalue weighted by atomic mass is 9.87. The summed E-state index contributed by atoms with van der Waals surface area (Å²) in [5.41, 5.74) is -0.0221. The highest BCUT2D eigenvalue weighted by atomic mass is 32.2. The van der Waals surface area contributed by atoms with E-state index in [0.717, 1.165) is 18.6 Å². The fourth-order valence-electron chi connectivity index (χ4n) is 1.93. The highest BCUT2D eigenvalue weighted by molar-refractivity contribution is 7.98. The van der Waals surface area contributed by atoms with Crippen LogP contribution in [0.5, 0.6) is 0 Å². The van der Waals surface area contributed by atoms with Crippen molar-refractivity contribution < 1.29 is 14.7 Å². The smallest absolute Gasteiger partial charge is 0.315 e. The van der Waals surface area contributed by atoms with Gasteiger partial charge in [0.15, 0.2) is 0 Å². The molecule has 0 aromatic heterocycles. The van der Waals surface area contributed by atoms with Gasteiger partial charge in [-0.1, -0.05) is 20.8 Å². The first kappa shape index (κ1) is 19.1. The summed E-state index contributed by atoms with van der Waals surface area (Å²) in [6, 6.07) is -0.608. The third kappa shape index (κ3) is 12.1. The minimum atomic E-state index is -0.889. The lowest BCUT2D eigenvalue weighted by Gasteiger charge is -2.25. The number of urea groups is 1. The molecule has 0 fully saturated rings. The van der Waals surface area contributed by atoms with Crippen molar-refractivity contribution in [3.8, 4) is 0 Å². The lowest BCUT2D eigenvalue weighted by molar-refractivity contribution is -0.137. The summed E-state index contributed by atoms with van der Waals surface area (Å²) in [5, 5.41) is 14.4. The maximum Gasteiger partial charge on any atom is 0.315 e. The molecule has 0 rings (SSSR count). The van der Waals surface area contributed by atoms with E-state index in [0.29, 0.717) is 13.0 Å². The normalized spacial score (nSPS) is 12.8. The van der Waals surface area contributed by atoms with Crippen molar-refractivity contribution in [2.45, 2.75) is 52.5 Å². The molecule has 0 saturated heterocycles. The lowest BCUT2D eigenvalue weighted by Crippen LogP contribution is -2.44. The van der Waals surface area contributed by atoms with E-state index in [4.69, 9.17) is 5.11 Å². The first-order chi connectivity index (χ1) is 9.24. The molecule has 0 saturated carbocycles. The number of aliphatic carboxylic acids is 1. The topological polar surface area (TPSA) is 78.4 Å². The van der Waals surface area contributed by atoms with Gasteiger partial charge in [0.05, 0.1) is 6.42 Å². The molecule has 2 amide bonds. The minimum Gasteiger partial charge on any atom is -0.481 e. The molecule has 0 radical (unpaired) electrons. The van der Waals surface area contributed by atoms with Gasteiger partial charge in [0.2, 0.25) is 0 Å². The van der Waals surface area contributed by atoms with E-state index in [1.807, 2.05) is 20.8 Å². The van der Waals surface area contributed by atoms with Crippen LogP contribution < -0.4 is 10.6 Å². The number of carboxylic acids is 1. The molecule has 1 unspecified atom stereocenters. The van der Waals surface area contributed by atoms with Gasteiger partial charge in [-0.15, -0.1) is 0 Å². The van der Waals surface area contributed by atoms with Crippen LogP contribution in [0.1, 0.15) is 46.5 Å². The second kappa shape index (κ2) is 9.91. The number of carboxylic acid groups (broad SMARTS) is 1. The summed E-state index contributed by atoms with van der Waals surface area (Å²) in [4.78, 5) is 22.6. The zero-order valence-corrected chi connectivity index (χ0v) is 13.8. The van der Waals surface area contributed by atoms with Crippen molar-refractivity contribution in [2.24, 2.45) is 5.41 Å². The number of thioether (sulfide) groups is 1. The van der Waals surface area contributed by atoms with Gasteiger partial charge >= 0.3 is 12.0 Å². The standard InChI is InChI=1S/C14H28N2O3S/c1-14(2,3)10-11(9-12(17)18)16-13(19)15-7-5-6-8-20-4/h11H,5-10H2,1-4H3,(H,17,18)(H2,15,16,19). The Bertz CT molecular complexity index is 303. The molecule has 0 aliphatic carbocycles. The van der Waals surface area contributed by atoms with Crippen LogP contribution in [-0.2, 0) is 4.79 Å². The Balaban J connectivity index is 4.08. The summed E-state index contributed by atoms with van der Waals surface area (Å²) in [6.07, 6.45) is 4.67. The Hall–Kier alpha value is -0.910. The average Bonchev–Trinajstić information content (AvgIpc) is 2.25. The quantitative estimate of drug-likeness (QED) is 0.572. The van der Waals surface area contributed by atoms with Crippen molar-refractivity contribution in [2.75, 3.05) is 18.6 Å². The Labute approximate surface area is 126 Å². The number of carbonyl (C=O) groups is 2. The van der Waals surface area contributed by atoms with Gasteiger partial charge in [0.1, 0.15) is 0 Å². The molecule has 0 spiro atoms. The van der Waals surface area contributed by atoms with E-state index >= 15 is 0 Å². The van der Waals surface area contributed by atoms with Crippen molar-refractivity contribution in [3.05, 3.63) is 0 Å². The zero-order valence-electron chi connectivity index (χ0n) is 13.0.